The van der Waals surface area contributed by atoms with E-state index >= 15 is 0 Å². The van der Waals surface area contributed by atoms with Gasteiger partial charge in [0.1, 0.15) is 0 Å². The fourth-order valence-corrected chi connectivity index (χ4v) is 2.38. The third-order valence-electron chi connectivity index (χ3n) is 3.51. The maximum atomic E-state index is 5.85. The van der Waals surface area contributed by atoms with E-state index in [0.717, 1.165) is 6.54 Å². The zero-order chi connectivity index (χ0) is 10.0. The lowest BCUT2D eigenvalue weighted by molar-refractivity contribution is 0.145. The first-order chi connectivity index (χ1) is 6.74. The van der Waals surface area contributed by atoms with Crippen LogP contribution in [0.1, 0.15) is 30.4 Å². The molecule has 0 heterocycles. The predicted molar refractivity (Wildman–Crippen MR) is 60.2 cm³/mol. The highest BCUT2D eigenvalue weighted by Gasteiger charge is 2.35. The van der Waals surface area contributed by atoms with Gasteiger partial charge >= 0.3 is 0 Å². The Morgan fingerprint density at radius 2 is 2.14 bits per heavy atom. The highest BCUT2D eigenvalue weighted by atomic mass is 14.6. The van der Waals surface area contributed by atoms with Crippen molar-refractivity contribution in [1.29, 1.82) is 0 Å². The van der Waals surface area contributed by atoms with Gasteiger partial charge in [-0.3, -0.25) is 0 Å². The van der Waals surface area contributed by atoms with Gasteiger partial charge in [-0.2, -0.15) is 0 Å². The summed E-state index contributed by atoms with van der Waals surface area (Å²) in [6, 6.07) is 8.81. The van der Waals surface area contributed by atoms with Crippen molar-refractivity contribution < 1.29 is 0 Å². The molecule has 2 rings (SSSR count). The fourth-order valence-electron chi connectivity index (χ4n) is 2.38. The highest BCUT2D eigenvalue weighted by molar-refractivity contribution is 5.23. The average molecular weight is 189 g/mol. The molecule has 1 saturated carbocycles. The first-order valence-corrected chi connectivity index (χ1v) is 5.50. The van der Waals surface area contributed by atoms with Gasteiger partial charge in [-0.25, -0.2) is 0 Å². The minimum Gasteiger partial charge on any atom is -0.330 e. The number of rotatable bonds is 3. The van der Waals surface area contributed by atoms with Gasteiger partial charge in [0.2, 0.25) is 0 Å². The molecule has 1 aliphatic carbocycles. The highest BCUT2D eigenvalue weighted by Crippen LogP contribution is 2.42. The number of hydrogen-bond acceptors (Lipinski definition) is 1. The SMILES string of the molecule is Cc1cccc(CC2(CN)CCC2)c1. The lowest BCUT2D eigenvalue weighted by Gasteiger charge is -2.41. The summed E-state index contributed by atoms with van der Waals surface area (Å²) >= 11 is 0. The number of aryl methyl sites for hydroxylation is 1. The molecule has 0 aliphatic heterocycles. The van der Waals surface area contributed by atoms with Gasteiger partial charge in [0.05, 0.1) is 0 Å². The van der Waals surface area contributed by atoms with Crippen molar-refractivity contribution in [2.75, 3.05) is 6.54 Å². The standard InChI is InChI=1S/C13H19N/c1-11-4-2-5-12(8-11)9-13(10-14)6-3-7-13/h2,4-5,8H,3,6-7,9-10,14H2,1H3. The van der Waals surface area contributed by atoms with Crippen molar-refractivity contribution >= 4 is 0 Å². The summed E-state index contributed by atoms with van der Waals surface area (Å²) in [5.41, 5.74) is 9.10. The Labute approximate surface area is 86.3 Å². The Morgan fingerprint density at radius 1 is 1.36 bits per heavy atom. The largest absolute Gasteiger partial charge is 0.330 e. The number of hydrogen-bond donors (Lipinski definition) is 1. The monoisotopic (exact) mass is 189 g/mol. The molecule has 0 atom stereocenters. The third kappa shape index (κ3) is 1.83. The summed E-state index contributed by atoms with van der Waals surface area (Å²) in [7, 11) is 0. The van der Waals surface area contributed by atoms with Gasteiger partial charge in [0.15, 0.2) is 0 Å². The molecule has 0 aromatic heterocycles. The second kappa shape index (κ2) is 3.74. The van der Waals surface area contributed by atoms with Crippen LogP contribution in [0.4, 0.5) is 0 Å². The molecule has 1 nitrogen and oxygen atoms in total. The smallest absolute Gasteiger partial charge is 0.00173 e. The van der Waals surface area contributed by atoms with Gasteiger partial charge < -0.3 is 5.73 Å². The molecule has 1 fully saturated rings. The average Bonchev–Trinajstić information content (AvgIpc) is 2.11. The van der Waals surface area contributed by atoms with Crippen LogP contribution in [0.2, 0.25) is 0 Å². The van der Waals surface area contributed by atoms with E-state index in [1.807, 2.05) is 0 Å². The van der Waals surface area contributed by atoms with Crippen LogP contribution in [-0.4, -0.2) is 6.54 Å². The van der Waals surface area contributed by atoms with Crippen molar-refractivity contribution in [2.24, 2.45) is 11.1 Å². The van der Waals surface area contributed by atoms with Crippen molar-refractivity contribution in [2.45, 2.75) is 32.6 Å². The van der Waals surface area contributed by atoms with Gasteiger partial charge in [-0.1, -0.05) is 36.2 Å². The van der Waals surface area contributed by atoms with E-state index in [2.05, 4.69) is 31.2 Å². The van der Waals surface area contributed by atoms with Crippen molar-refractivity contribution in [3.63, 3.8) is 0 Å². The number of nitrogens with two attached hydrogens (primary N) is 1. The van der Waals surface area contributed by atoms with Crippen LogP contribution >= 0.6 is 0 Å². The molecule has 0 bridgehead atoms. The second-order valence-corrected chi connectivity index (χ2v) is 4.72. The van der Waals surface area contributed by atoms with Crippen molar-refractivity contribution in [3.8, 4) is 0 Å². The molecule has 1 aromatic carbocycles. The summed E-state index contributed by atoms with van der Waals surface area (Å²) < 4.78 is 0. The van der Waals surface area contributed by atoms with E-state index in [9.17, 15) is 0 Å². The van der Waals surface area contributed by atoms with E-state index in [0.29, 0.717) is 5.41 Å². The van der Waals surface area contributed by atoms with E-state index in [1.165, 1.54) is 36.8 Å². The van der Waals surface area contributed by atoms with E-state index < -0.39 is 0 Å². The van der Waals surface area contributed by atoms with Crippen LogP contribution in [0.5, 0.6) is 0 Å². The molecule has 1 aromatic rings. The summed E-state index contributed by atoms with van der Waals surface area (Å²) in [6.07, 6.45) is 5.17. The van der Waals surface area contributed by atoms with Crippen molar-refractivity contribution in [3.05, 3.63) is 35.4 Å². The van der Waals surface area contributed by atoms with Crippen LogP contribution in [0, 0.1) is 12.3 Å². The summed E-state index contributed by atoms with van der Waals surface area (Å²) in [5, 5.41) is 0. The molecule has 76 valence electrons. The molecule has 14 heavy (non-hydrogen) atoms. The van der Waals surface area contributed by atoms with Crippen LogP contribution in [0.25, 0.3) is 0 Å². The molecule has 1 heteroatoms. The second-order valence-electron chi connectivity index (χ2n) is 4.72. The minimum atomic E-state index is 0.438. The van der Waals surface area contributed by atoms with Crippen LogP contribution in [0.3, 0.4) is 0 Å². The van der Waals surface area contributed by atoms with Crippen molar-refractivity contribution in [1.82, 2.24) is 0 Å². The Morgan fingerprint density at radius 3 is 2.64 bits per heavy atom. The normalized spacial score (nSPS) is 19.0. The Bertz CT molecular complexity index is 307. The first-order valence-electron chi connectivity index (χ1n) is 5.50. The lowest BCUT2D eigenvalue weighted by atomic mass is 9.65. The zero-order valence-corrected chi connectivity index (χ0v) is 8.92. The van der Waals surface area contributed by atoms with Gasteiger partial charge in [-0.05, 0) is 43.7 Å². The molecule has 0 saturated heterocycles. The summed E-state index contributed by atoms with van der Waals surface area (Å²) in [5.74, 6) is 0. The molecule has 1 aliphatic rings. The maximum absolute atomic E-state index is 5.85. The summed E-state index contributed by atoms with van der Waals surface area (Å²) in [6.45, 7) is 3.00. The van der Waals surface area contributed by atoms with Crippen LogP contribution in [-0.2, 0) is 6.42 Å². The Kier molecular flexibility index (Phi) is 2.60. The molecule has 0 radical (unpaired) electrons. The quantitative estimate of drug-likeness (QED) is 0.777. The minimum absolute atomic E-state index is 0.438. The Hall–Kier alpha value is -0.820. The van der Waals surface area contributed by atoms with Crippen LogP contribution in [0.15, 0.2) is 24.3 Å². The molecular weight excluding hydrogens is 170 g/mol. The summed E-state index contributed by atoms with van der Waals surface area (Å²) in [4.78, 5) is 0. The number of benzene rings is 1. The molecule has 2 N–H and O–H groups in total. The van der Waals surface area contributed by atoms with E-state index in [4.69, 9.17) is 5.73 Å². The molecule has 0 unspecified atom stereocenters. The lowest BCUT2D eigenvalue weighted by Crippen LogP contribution is -2.39. The van der Waals surface area contributed by atoms with Gasteiger partial charge in [0, 0.05) is 0 Å². The molecular formula is C13H19N. The first kappa shape index (κ1) is 9.72. The topological polar surface area (TPSA) is 26.0 Å². The molecule has 0 spiro atoms. The van der Waals surface area contributed by atoms with Gasteiger partial charge in [0.25, 0.3) is 0 Å². The van der Waals surface area contributed by atoms with Gasteiger partial charge in [-0.15, -0.1) is 0 Å². The zero-order valence-electron chi connectivity index (χ0n) is 8.92. The van der Waals surface area contributed by atoms with E-state index in [1.54, 1.807) is 0 Å². The fraction of sp³-hybridized carbons (Fsp3) is 0.538. The van der Waals surface area contributed by atoms with Crippen LogP contribution < -0.4 is 5.73 Å². The maximum Gasteiger partial charge on any atom is -0.00173 e. The molecule has 0 amide bonds. The third-order valence-corrected chi connectivity index (χ3v) is 3.51. The predicted octanol–water partition coefficient (Wildman–Crippen LogP) is 2.67. The van der Waals surface area contributed by atoms with E-state index in [-0.39, 0.29) is 0 Å². The Balaban J connectivity index is 2.09.